The number of benzene rings is 1. The summed E-state index contributed by atoms with van der Waals surface area (Å²) >= 11 is 0. The molecule has 1 fully saturated rings. The second-order valence-electron chi connectivity index (χ2n) is 6.36. The number of nitrogens with zero attached hydrogens (tertiary/aromatic N) is 3. The smallest absolute Gasteiger partial charge is 0.373 e. The van der Waals surface area contributed by atoms with Gasteiger partial charge in [-0.3, -0.25) is 9.59 Å². The Morgan fingerprint density at radius 1 is 1.23 bits per heavy atom. The minimum atomic E-state index is -5.08. The van der Waals surface area contributed by atoms with Crippen molar-refractivity contribution in [1.29, 1.82) is 5.26 Å². The highest BCUT2D eigenvalue weighted by Crippen LogP contribution is 2.32. The van der Waals surface area contributed by atoms with Crippen LogP contribution in [0, 0.1) is 11.3 Å². The zero-order valence-corrected chi connectivity index (χ0v) is 14.2. The highest BCUT2D eigenvalue weighted by atomic mass is 19.4. The van der Waals surface area contributed by atoms with Crippen molar-refractivity contribution in [2.24, 2.45) is 0 Å². The molecule has 2 atom stereocenters. The quantitative estimate of drug-likeness (QED) is 0.857. The lowest BCUT2D eigenvalue weighted by molar-refractivity contribution is -0.251. The van der Waals surface area contributed by atoms with E-state index in [0.29, 0.717) is 18.1 Å². The molecule has 0 aromatic heterocycles. The highest BCUT2D eigenvalue weighted by Gasteiger charge is 2.57. The van der Waals surface area contributed by atoms with Crippen molar-refractivity contribution >= 4 is 11.8 Å². The number of nitriles is 1. The molecule has 0 aliphatic carbocycles. The highest BCUT2D eigenvalue weighted by molar-refractivity contribution is 5.94. The minimum Gasteiger partial charge on any atom is -0.373 e. The molecule has 0 saturated carbocycles. The molecule has 1 aromatic carbocycles. The van der Waals surface area contributed by atoms with Crippen molar-refractivity contribution < 1.29 is 27.9 Å². The first-order valence-electron chi connectivity index (χ1n) is 7.88. The molecule has 0 radical (unpaired) electrons. The molecule has 1 heterocycles. The SMILES string of the molecule is C[C@H]1CN(C(=O)c2ccc(C#N)cc2)CCN1C(=O)[C@@](C)(O)C(F)(F)F. The summed E-state index contributed by atoms with van der Waals surface area (Å²) in [5.74, 6) is -1.76. The maximum atomic E-state index is 12.9. The van der Waals surface area contributed by atoms with Crippen molar-refractivity contribution in [3.05, 3.63) is 35.4 Å². The van der Waals surface area contributed by atoms with E-state index in [-0.39, 0.29) is 25.5 Å². The van der Waals surface area contributed by atoms with Gasteiger partial charge in [-0.15, -0.1) is 0 Å². The topological polar surface area (TPSA) is 84.6 Å². The molecule has 1 aliphatic heterocycles. The summed E-state index contributed by atoms with van der Waals surface area (Å²) in [4.78, 5) is 27.0. The van der Waals surface area contributed by atoms with Gasteiger partial charge in [0.1, 0.15) is 0 Å². The predicted octanol–water partition coefficient (Wildman–Crippen LogP) is 1.54. The van der Waals surface area contributed by atoms with Crippen LogP contribution >= 0.6 is 0 Å². The summed E-state index contributed by atoms with van der Waals surface area (Å²) in [7, 11) is 0. The fourth-order valence-electron chi connectivity index (χ4n) is 2.71. The number of rotatable bonds is 2. The summed E-state index contributed by atoms with van der Waals surface area (Å²) in [5.41, 5.74) is -2.72. The molecule has 0 bridgehead atoms. The average Bonchev–Trinajstić information content (AvgIpc) is 2.59. The average molecular weight is 369 g/mol. The minimum absolute atomic E-state index is 0.0402. The maximum Gasteiger partial charge on any atom is 0.426 e. The van der Waals surface area contributed by atoms with Crippen molar-refractivity contribution in [3.63, 3.8) is 0 Å². The predicted molar refractivity (Wildman–Crippen MR) is 84.9 cm³/mol. The molecule has 1 saturated heterocycles. The zero-order chi connectivity index (χ0) is 19.7. The third-order valence-electron chi connectivity index (χ3n) is 4.40. The van der Waals surface area contributed by atoms with Crippen LogP contribution in [0.25, 0.3) is 0 Å². The number of hydrogen-bond acceptors (Lipinski definition) is 4. The van der Waals surface area contributed by atoms with E-state index < -0.39 is 23.7 Å². The Kier molecular flexibility index (Phi) is 5.28. The van der Waals surface area contributed by atoms with Gasteiger partial charge in [-0.1, -0.05) is 0 Å². The van der Waals surface area contributed by atoms with Crippen LogP contribution in [0.5, 0.6) is 0 Å². The molecule has 1 aromatic rings. The third kappa shape index (κ3) is 3.65. The molecule has 26 heavy (non-hydrogen) atoms. The Hall–Kier alpha value is -2.60. The molecule has 9 heteroatoms. The Bertz CT molecular complexity index is 738. The van der Waals surface area contributed by atoms with Gasteiger partial charge in [0, 0.05) is 31.2 Å². The molecule has 1 N–H and O–H groups in total. The van der Waals surface area contributed by atoms with E-state index in [9.17, 15) is 27.9 Å². The van der Waals surface area contributed by atoms with Crippen LogP contribution in [0.4, 0.5) is 13.2 Å². The molecular weight excluding hydrogens is 351 g/mol. The van der Waals surface area contributed by atoms with Crippen LogP contribution in [0.15, 0.2) is 24.3 Å². The first-order chi connectivity index (χ1) is 12.0. The van der Waals surface area contributed by atoms with Crippen LogP contribution in [-0.2, 0) is 4.79 Å². The lowest BCUT2D eigenvalue weighted by atomic mass is 10.0. The van der Waals surface area contributed by atoms with Gasteiger partial charge in [-0.05, 0) is 38.1 Å². The first-order valence-corrected chi connectivity index (χ1v) is 7.88. The van der Waals surface area contributed by atoms with Crippen LogP contribution in [-0.4, -0.2) is 64.2 Å². The summed E-state index contributed by atoms with van der Waals surface area (Å²) in [6.45, 7) is 1.91. The largest absolute Gasteiger partial charge is 0.426 e. The molecule has 140 valence electrons. The van der Waals surface area contributed by atoms with Crippen LogP contribution < -0.4 is 0 Å². The van der Waals surface area contributed by atoms with Gasteiger partial charge < -0.3 is 14.9 Å². The number of carbonyl (C=O) groups excluding carboxylic acids is 2. The van der Waals surface area contributed by atoms with E-state index in [1.165, 1.54) is 36.1 Å². The second kappa shape index (κ2) is 6.96. The van der Waals surface area contributed by atoms with E-state index in [1.54, 1.807) is 0 Å². The molecule has 1 aliphatic rings. The summed E-state index contributed by atoms with van der Waals surface area (Å²) in [6, 6.07) is 7.24. The number of halogens is 3. The van der Waals surface area contributed by atoms with Crippen LogP contribution in [0.3, 0.4) is 0 Å². The van der Waals surface area contributed by atoms with E-state index in [4.69, 9.17) is 5.26 Å². The van der Waals surface area contributed by atoms with Crippen LogP contribution in [0.2, 0.25) is 0 Å². The molecule has 2 amide bonds. The monoisotopic (exact) mass is 369 g/mol. The molecule has 2 rings (SSSR count). The van der Waals surface area contributed by atoms with E-state index in [0.717, 1.165) is 4.90 Å². The number of hydrogen-bond donors (Lipinski definition) is 1. The zero-order valence-electron chi connectivity index (χ0n) is 14.2. The van der Waals surface area contributed by atoms with Crippen LogP contribution in [0.1, 0.15) is 29.8 Å². The van der Waals surface area contributed by atoms with Gasteiger partial charge >= 0.3 is 6.18 Å². The lowest BCUT2D eigenvalue weighted by Crippen LogP contribution is -2.63. The van der Waals surface area contributed by atoms with Gasteiger partial charge in [-0.2, -0.15) is 18.4 Å². The number of aliphatic hydroxyl groups is 1. The number of carbonyl (C=O) groups is 2. The molecule has 0 unspecified atom stereocenters. The fraction of sp³-hybridized carbons (Fsp3) is 0.471. The van der Waals surface area contributed by atoms with Crippen molar-refractivity contribution in [1.82, 2.24) is 9.80 Å². The molecular formula is C17H18F3N3O3. The van der Waals surface area contributed by atoms with E-state index >= 15 is 0 Å². The Labute approximate surface area is 148 Å². The first kappa shape index (κ1) is 19.7. The molecule has 6 nitrogen and oxygen atoms in total. The fourth-order valence-corrected chi connectivity index (χ4v) is 2.71. The van der Waals surface area contributed by atoms with Crippen molar-refractivity contribution in [3.8, 4) is 6.07 Å². The number of alkyl halides is 3. The standard InChI is InChI=1S/C17H18F3N3O3/c1-11-10-22(14(24)13-5-3-12(9-21)4-6-13)7-8-23(11)15(25)16(2,26)17(18,19)20/h3-6,11,26H,7-8,10H2,1-2H3/t11-,16+/m0/s1. The maximum absolute atomic E-state index is 12.9. The van der Waals surface area contributed by atoms with Crippen molar-refractivity contribution in [2.75, 3.05) is 19.6 Å². The molecule has 0 spiro atoms. The Morgan fingerprint density at radius 3 is 2.27 bits per heavy atom. The normalized spacial score (nSPS) is 20.3. The Balaban J connectivity index is 2.09. The van der Waals surface area contributed by atoms with Gasteiger partial charge in [0.15, 0.2) is 0 Å². The van der Waals surface area contributed by atoms with Gasteiger partial charge in [0.25, 0.3) is 11.8 Å². The third-order valence-corrected chi connectivity index (χ3v) is 4.40. The summed E-state index contributed by atoms with van der Waals surface area (Å²) < 4.78 is 38.6. The van der Waals surface area contributed by atoms with Gasteiger partial charge in [0.05, 0.1) is 11.6 Å². The van der Waals surface area contributed by atoms with Gasteiger partial charge in [0.2, 0.25) is 5.60 Å². The van der Waals surface area contributed by atoms with Gasteiger partial charge in [-0.25, -0.2) is 0 Å². The summed E-state index contributed by atoms with van der Waals surface area (Å²) in [6.07, 6.45) is -5.08. The number of amides is 2. The summed E-state index contributed by atoms with van der Waals surface area (Å²) in [5, 5.41) is 18.3. The lowest BCUT2D eigenvalue weighted by Gasteiger charge is -2.42. The van der Waals surface area contributed by atoms with E-state index in [2.05, 4.69) is 0 Å². The Morgan fingerprint density at radius 2 is 1.81 bits per heavy atom. The second-order valence-corrected chi connectivity index (χ2v) is 6.36. The van der Waals surface area contributed by atoms with E-state index in [1.807, 2.05) is 6.07 Å². The van der Waals surface area contributed by atoms with Crippen molar-refractivity contribution in [2.45, 2.75) is 31.7 Å². The number of piperazine rings is 1.